The molecule has 0 radical (unpaired) electrons. The highest BCUT2D eigenvalue weighted by Crippen LogP contribution is 2.15. The number of aryl methyl sites for hydroxylation is 2. The molecule has 0 amide bonds. The van der Waals surface area contributed by atoms with Crippen molar-refractivity contribution in [2.75, 3.05) is 23.6 Å². The molecule has 18 heavy (non-hydrogen) atoms. The molecule has 0 unspecified atom stereocenters. The Morgan fingerprint density at radius 2 is 1.67 bits per heavy atom. The highest BCUT2D eigenvalue weighted by Gasteiger charge is 2.10. The van der Waals surface area contributed by atoms with Gasteiger partial charge in [0.2, 0.25) is 10.0 Å². The number of hydrogen-bond donors (Lipinski definition) is 2. The molecule has 4 nitrogen and oxygen atoms in total. The molecule has 0 bridgehead atoms. The van der Waals surface area contributed by atoms with Crippen LogP contribution in [0.15, 0.2) is 18.2 Å². The maximum Gasteiger partial charge on any atom is 0.233 e. The predicted octanol–water partition coefficient (Wildman–Crippen LogP) is 2.04. The molecule has 0 aliphatic heterocycles. The molecule has 0 aliphatic rings. The second-order valence-corrected chi connectivity index (χ2v) is 6.39. The fourth-order valence-electron chi connectivity index (χ4n) is 1.77. The molecule has 2 N–H and O–H groups in total. The smallest absolute Gasteiger partial charge is 0.233 e. The Morgan fingerprint density at radius 3 is 2.22 bits per heavy atom. The molecular formula is C13H22N2O2S. The number of sulfonamides is 1. The van der Waals surface area contributed by atoms with E-state index in [9.17, 15) is 8.42 Å². The quantitative estimate of drug-likeness (QED) is 0.746. The first-order valence-electron chi connectivity index (χ1n) is 6.22. The fourth-order valence-corrected chi connectivity index (χ4v) is 2.76. The van der Waals surface area contributed by atoms with E-state index in [1.807, 2.05) is 32.0 Å². The summed E-state index contributed by atoms with van der Waals surface area (Å²) in [5.41, 5.74) is 2.75. The van der Waals surface area contributed by atoms with E-state index in [1.165, 1.54) is 0 Å². The summed E-state index contributed by atoms with van der Waals surface area (Å²) in [6.07, 6.45) is 1.00. The maximum absolute atomic E-state index is 11.8. The van der Waals surface area contributed by atoms with E-state index in [0.717, 1.165) is 24.1 Å². The van der Waals surface area contributed by atoms with Gasteiger partial charge in [-0.1, -0.05) is 13.0 Å². The van der Waals surface area contributed by atoms with Crippen LogP contribution in [0.3, 0.4) is 0 Å². The molecule has 0 aliphatic carbocycles. The number of rotatable bonds is 7. The third-order valence-electron chi connectivity index (χ3n) is 2.47. The molecule has 1 aromatic carbocycles. The zero-order valence-corrected chi connectivity index (χ0v) is 12.1. The summed E-state index contributed by atoms with van der Waals surface area (Å²) >= 11 is 0. The van der Waals surface area contributed by atoms with Crippen LogP contribution < -0.4 is 10.0 Å². The largest absolute Gasteiger partial charge is 0.316 e. The molecule has 0 saturated carbocycles. The first-order chi connectivity index (χ1) is 8.43. The van der Waals surface area contributed by atoms with E-state index in [0.29, 0.717) is 12.2 Å². The summed E-state index contributed by atoms with van der Waals surface area (Å²) < 4.78 is 26.3. The number of hydrogen-bond acceptors (Lipinski definition) is 3. The molecule has 0 fully saturated rings. The van der Waals surface area contributed by atoms with Gasteiger partial charge in [-0.2, -0.15) is 0 Å². The number of benzene rings is 1. The third-order valence-corrected chi connectivity index (χ3v) is 3.76. The van der Waals surface area contributed by atoms with E-state index in [2.05, 4.69) is 17.0 Å². The van der Waals surface area contributed by atoms with Crippen LogP contribution in [0.5, 0.6) is 0 Å². The van der Waals surface area contributed by atoms with Crippen LogP contribution in [0, 0.1) is 13.8 Å². The second kappa shape index (κ2) is 6.75. The highest BCUT2D eigenvalue weighted by atomic mass is 32.2. The minimum Gasteiger partial charge on any atom is -0.316 e. The van der Waals surface area contributed by atoms with Gasteiger partial charge in [-0.05, 0) is 50.1 Å². The summed E-state index contributed by atoms with van der Waals surface area (Å²) in [7, 11) is -3.26. The Bertz CT molecular complexity index is 464. The second-order valence-electron chi connectivity index (χ2n) is 4.55. The highest BCUT2D eigenvalue weighted by molar-refractivity contribution is 7.92. The molecule has 5 heteroatoms. The van der Waals surface area contributed by atoms with Crippen molar-refractivity contribution in [1.82, 2.24) is 5.32 Å². The van der Waals surface area contributed by atoms with Gasteiger partial charge in [0.15, 0.2) is 0 Å². The average Bonchev–Trinajstić information content (AvgIpc) is 2.22. The first kappa shape index (κ1) is 15.0. The molecule has 0 spiro atoms. The Morgan fingerprint density at radius 1 is 1.06 bits per heavy atom. The van der Waals surface area contributed by atoms with Crippen LogP contribution in [-0.4, -0.2) is 27.3 Å². The van der Waals surface area contributed by atoms with Crippen LogP contribution in [-0.2, 0) is 10.0 Å². The average molecular weight is 270 g/mol. The topological polar surface area (TPSA) is 58.2 Å². The monoisotopic (exact) mass is 270 g/mol. The zero-order chi connectivity index (χ0) is 13.6. The van der Waals surface area contributed by atoms with Crippen molar-refractivity contribution in [2.24, 2.45) is 0 Å². The van der Waals surface area contributed by atoms with Gasteiger partial charge in [0, 0.05) is 12.2 Å². The maximum atomic E-state index is 11.8. The minimum absolute atomic E-state index is 0.0972. The van der Waals surface area contributed by atoms with Gasteiger partial charge in [0.25, 0.3) is 0 Å². The molecule has 102 valence electrons. The first-order valence-corrected chi connectivity index (χ1v) is 7.87. The van der Waals surface area contributed by atoms with Crippen molar-refractivity contribution in [2.45, 2.75) is 27.2 Å². The Kier molecular flexibility index (Phi) is 5.62. The SMILES string of the molecule is CCCNCCS(=O)(=O)Nc1cc(C)cc(C)c1. The van der Waals surface area contributed by atoms with Gasteiger partial charge in [0.1, 0.15) is 0 Å². The Labute approximate surface area is 110 Å². The standard InChI is InChI=1S/C13H22N2O2S/c1-4-5-14-6-7-18(16,17)15-13-9-11(2)8-12(3)10-13/h8-10,14-15H,4-7H2,1-3H3. The molecule has 1 rings (SSSR count). The molecule has 0 atom stereocenters. The lowest BCUT2D eigenvalue weighted by Gasteiger charge is -2.10. The molecule has 0 heterocycles. The van der Waals surface area contributed by atoms with Crippen molar-refractivity contribution in [1.29, 1.82) is 0 Å². The van der Waals surface area contributed by atoms with Crippen LogP contribution >= 0.6 is 0 Å². The van der Waals surface area contributed by atoms with Gasteiger partial charge in [0.05, 0.1) is 5.75 Å². The summed E-state index contributed by atoms with van der Waals surface area (Å²) in [5, 5.41) is 3.08. The van der Waals surface area contributed by atoms with E-state index in [-0.39, 0.29) is 5.75 Å². The molecule has 0 aromatic heterocycles. The van der Waals surface area contributed by atoms with Crippen LogP contribution in [0.25, 0.3) is 0 Å². The lowest BCUT2D eigenvalue weighted by molar-refractivity contribution is 0.595. The fraction of sp³-hybridized carbons (Fsp3) is 0.538. The van der Waals surface area contributed by atoms with E-state index >= 15 is 0 Å². The van der Waals surface area contributed by atoms with Gasteiger partial charge in [-0.3, -0.25) is 4.72 Å². The normalized spacial score (nSPS) is 11.5. The van der Waals surface area contributed by atoms with Gasteiger partial charge in [-0.15, -0.1) is 0 Å². The van der Waals surface area contributed by atoms with Crippen molar-refractivity contribution < 1.29 is 8.42 Å². The number of anilines is 1. The minimum atomic E-state index is -3.26. The van der Waals surface area contributed by atoms with E-state index < -0.39 is 10.0 Å². The van der Waals surface area contributed by atoms with Crippen molar-refractivity contribution >= 4 is 15.7 Å². The summed E-state index contributed by atoms with van der Waals surface area (Å²) in [4.78, 5) is 0. The van der Waals surface area contributed by atoms with Crippen molar-refractivity contribution in [3.63, 3.8) is 0 Å². The number of nitrogens with one attached hydrogen (secondary N) is 2. The lowest BCUT2D eigenvalue weighted by atomic mass is 10.1. The van der Waals surface area contributed by atoms with Gasteiger partial charge >= 0.3 is 0 Å². The van der Waals surface area contributed by atoms with E-state index in [1.54, 1.807) is 0 Å². The van der Waals surface area contributed by atoms with E-state index in [4.69, 9.17) is 0 Å². The van der Waals surface area contributed by atoms with Crippen LogP contribution in [0.1, 0.15) is 24.5 Å². The molecule has 0 saturated heterocycles. The molecular weight excluding hydrogens is 248 g/mol. The zero-order valence-electron chi connectivity index (χ0n) is 11.3. The Hall–Kier alpha value is -1.07. The Balaban J connectivity index is 2.59. The van der Waals surface area contributed by atoms with Crippen molar-refractivity contribution in [3.8, 4) is 0 Å². The summed E-state index contributed by atoms with van der Waals surface area (Å²) in [6.45, 7) is 7.28. The van der Waals surface area contributed by atoms with Crippen LogP contribution in [0.2, 0.25) is 0 Å². The lowest BCUT2D eigenvalue weighted by Crippen LogP contribution is -2.27. The summed E-state index contributed by atoms with van der Waals surface area (Å²) in [6, 6.07) is 5.69. The summed E-state index contributed by atoms with van der Waals surface area (Å²) in [5.74, 6) is 0.0972. The molecule has 1 aromatic rings. The van der Waals surface area contributed by atoms with Gasteiger partial charge in [-0.25, -0.2) is 8.42 Å². The van der Waals surface area contributed by atoms with Crippen molar-refractivity contribution in [3.05, 3.63) is 29.3 Å². The third kappa shape index (κ3) is 5.51. The van der Waals surface area contributed by atoms with Crippen LogP contribution in [0.4, 0.5) is 5.69 Å². The van der Waals surface area contributed by atoms with Gasteiger partial charge < -0.3 is 5.32 Å². The predicted molar refractivity (Wildman–Crippen MR) is 76.5 cm³/mol.